The molecule has 118 valence electrons. The van der Waals surface area contributed by atoms with Gasteiger partial charge in [0, 0.05) is 29.6 Å². The summed E-state index contributed by atoms with van der Waals surface area (Å²) in [6, 6.07) is 9.64. The van der Waals surface area contributed by atoms with Gasteiger partial charge in [-0.1, -0.05) is 37.3 Å². The molecule has 2 N–H and O–H groups in total. The summed E-state index contributed by atoms with van der Waals surface area (Å²) in [5.74, 6) is 0.998. The third kappa shape index (κ3) is 4.63. The number of benzene rings is 1. The molecule has 1 aromatic carbocycles. The van der Waals surface area contributed by atoms with Crippen LogP contribution in [0.1, 0.15) is 32.4 Å². The van der Waals surface area contributed by atoms with Crippen molar-refractivity contribution in [2.24, 2.45) is 11.7 Å². The van der Waals surface area contributed by atoms with Crippen LogP contribution in [0.15, 0.2) is 30.3 Å². The van der Waals surface area contributed by atoms with E-state index >= 15 is 0 Å². The lowest BCUT2D eigenvalue weighted by molar-refractivity contribution is -0.136. The summed E-state index contributed by atoms with van der Waals surface area (Å²) in [6.07, 6.45) is 0. The van der Waals surface area contributed by atoms with Crippen molar-refractivity contribution >= 4 is 30.1 Å². The highest BCUT2D eigenvalue weighted by Gasteiger charge is 2.33. The molecule has 2 unspecified atom stereocenters. The van der Waals surface area contributed by atoms with Crippen molar-refractivity contribution in [3.05, 3.63) is 35.9 Å². The summed E-state index contributed by atoms with van der Waals surface area (Å²) in [4.78, 5) is 14.6. The van der Waals surface area contributed by atoms with Crippen molar-refractivity contribution in [1.82, 2.24) is 4.90 Å². The van der Waals surface area contributed by atoms with Crippen molar-refractivity contribution in [2.75, 3.05) is 18.8 Å². The number of carbonyl (C=O) groups is 1. The molecule has 1 amide bonds. The fraction of sp³-hybridized carbons (Fsp3) is 0.562. The minimum atomic E-state index is -0.235. The van der Waals surface area contributed by atoms with E-state index < -0.39 is 0 Å². The summed E-state index contributed by atoms with van der Waals surface area (Å²) in [7, 11) is 0. The van der Waals surface area contributed by atoms with Crippen molar-refractivity contribution in [3.63, 3.8) is 0 Å². The number of hydrogen-bond donors (Lipinski definition) is 1. The maximum Gasteiger partial charge on any atom is 0.227 e. The van der Waals surface area contributed by atoms with E-state index in [1.807, 2.05) is 53.9 Å². The molecule has 0 spiro atoms. The van der Waals surface area contributed by atoms with Gasteiger partial charge in [0.2, 0.25) is 5.91 Å². The predicted molar refractivity (Wildman–Crippen MR) is 92.9 cm³/mol. The number of carbonyl (C=O) groups excluding carboxylic acids is 1. The first-order valence-corrected chi connectivity index (χ1v) is 8.12. The first-order valence-electron chi connectivity index (χ1n) is 7.14. The molecule has 1 saturated heterocycles. The smallest absolute Gasteiger partial charge is 0.227 e. The highest BCUT2D eigenvalue weighted by atomic mass is 35.5. The molecule has 0 radical (unpaired) electrons. The molecule has 21 heavy (non-hydrogen) atoms. The number of halogens is 1. The van der Waals surface area contributed by atoms with Gasteiger partial charge in [-0.2, -0.15) is 11.8 Å². The van der Waals surface area contributed by atoms with E-state index in [9.17, 15) is 4.79 Å². The SMILES string of the molecule is CC(C(=O)N1CCSC(C)(C)C1)C(N)c1ccccc1.Cl. The largest absolute Gasteiger partial charge is 0.340 e. The average Bonchev–Trinajstić information content (AvgIpc) is 2.45. The van der Waals surface area contributed by atoms with E-state index in [1.165, 1.54) is 0 Å². The average molecular weight is 329 g/mol. The molecule has 5 heteroatoms. The van der Waals surface area contributed by atoms with E-state index in [0.717, 1.165) is 24.4 Å². The number of rotatable bonds is 3. The Morgan fingerprint density at radius 3 is 2.52 bits per heavy atom. The third-order valence-electron chi connectivity index (χ3n) is 3.85. The van der Waals surface area contributed by atoms with Gasteiger partial charge in [-0.3, -0.25) is 4.79 Å². The fourth-order valence-corrected chi connectivity index (χ4v) is 3.72. The molecule has 1 aliphatic rings. The predicted octanol–water partition coefficient (Wildman–Crippen LogP) is 3.10. The molecule has 1 heterocycles. The van der Waals surface area contributed by atoms with Crippen molar-refractivity contribution < 1.29 is 4.79 Å². The molecular formula is C16H25ClN2OS. The van der Waals surface area contributed by atoms with Crippen molar-refractivity contribution in [3.8, 4) is 0 Å². The fourth-order valence-electron chi connectivity index (χ4n) is 2.61. The van der Waals surface area contributed by atoms with E-state index in [1.54, 1.807) is 0 Å². The highest BCUT2D eigenvalue weighted by Crippen LogP contribution is 2.31. The summed E-state index contributed by atoms with van der Waals surface area (Å²) >= 11 is 1.93. The molecule has 1 aromatic rings. The van der Waals surface area contributed by atoms with Gasteiger partial charge in [0.25, 0.3) is 0 Å². The first kappa shape index (κ1) is 18.3. The topological polar surface area (TPSA) is 46.3 Å². The lowest BCUT2D eigenvalue weighted by Gasteiger charge is -2.39. The second kappa shape index (κ2) is 7.52. The molecule has 0 aliphatic carbocycles. The summed E-state index contributed by atoms with van der Waals surface area (Å²) in [6.45, 7) is 7.97. The zero-order chi connectivity index (χ0) is 14.8. The molecule has 1 fully saturated rings. The third-order valence-corrected chi connectivity index (χ3v) is 5.15. The number of thioether (sulfide) groups is 1. The van der Waals surface area contributed by atoms with Gasteiger partial charge in [-0.25, -0.2) is 0 Å². The Labute approximate surface area is 138 Å². The Bertz CT molecular complexity index is 467. The lowest BCUT2D eigenvalue weighted by Crippen LogP contribution is -2.49. The first-order chi connectivity index (χ1) is 9.41. The molecule has 2 rings (SSSR count). The molecule has 0 aromatic heterocycles. The van der Waals surface area contributed by atoms with Crippen LogP contribution in [0.3, 0.4) is 0 Å². The number of hydrogen-bond acceptors (Lipinski definition) is 3. The van der Waals surface area contributed by atoms with E-state index in [-0.39, 0.29) is 35.0 Å². The second-order valence-electron chi connectivity index (χ2n) is 6.09. The van der Waals surface area contributed by atoms with Crippen LogP contribution >= 0.6 is 24.2 Å². The van der Waals surface area contributed by atoms with E-state index in [2.05, 4.69) is 13.8 Å². The maximum atomic E-state index is 12.6. The Kier molecular flexibility index (Phi) is 6.57. The zero-order valence-electron chi connectivity index (χ0n) is 12.9. The van der Waals surface area contributed by atoms with Crippen LogP contribution in [0.25, 0.3) is 0 Å². The van der Waals surface area contributed by atoms with Crippen LogP contribution < -0.4 is 5.73 Å². The van der Waals surface area contributed by atoms with E-state index in [4.69, 9.17) is 5.73 Å². The normalized spacial score (nSPS) is 20.3. The second-order valence-corrected chi connectivity index (χ2v) is 7.90. The van der Waals surface area contributed by atoms with Crippen molar-refractivity contribution in [2.45, 2.75) is 31.6 Å². The van der Waals surface area contributed by atoms with Gasteiger partial charge in [-0.15, -0.1) is 12.4 Å². The van der Waals surface area contributed by atoms with Gasteiger partial charge in [0.15, 0.2) is 0 Å². The van der Waals surface area contributed by atoms with Gasteiger partial charge in [-0.05, 0) is 19.4 Å². The van der Waals surface area contributed by atoms with Gasteiger partial charge in [0.05, 0.1) is 5.92 Å². The number of nitrogens with zero attached hydrogens (tertiary/aromatic N) is 1. The van der Waals surface area contributed by atoms with Crippen LogP contribution in [-0.4, -0.2) is 34.4 Å². The Morgan fingerprint density at radius 2 is 1.95 bits per heavy atom. The molecule has 0 bridgehead atoms. The highest BCUT2D eigenvalue weighted by molar-refractivity contribution is 8.00. The summed E-state index contributed by atoms with van der Waals surface area (Å²) < 4.78 is 0.143. The Balaban J connectivity index is 0.00000220. The van der Waals surface area contributed by atoms with Gasteiger partial charge >= 0.3 is 0 Å². The standard InChI is InChI=1S/C16H24N2OS.ClH/c1-12(14(17)13-7-5-4-6-8-13)15(19)18-9-10-20-16(2,3)11-18;/h4-8,12,14H,9-11,17H2,1-3H3;1H. The maximum absolute atomic E-state index is 12.6. The molecule has 3 nitrogen and oxygen atoms in total. The number of amides is 1. The zero-order valence-corrected chi connectivity index (χ0v) is 14.5. The molecular weight excluding hydrogens is 304 g/mol. The van der Waals surface area contributed by atoms with Gasteiger partial charge < -0.3 is 10.6 Å². The minimum Gasteiger partial charge on any atom is -0.340 e. The summed E-state index contributed by atoms with van der Waals surface area (Å²) in [5, 5.41) is 0. The van der Waals surface area contributed by atoms with Gasteiger partial charge in [0.1, 0.15) is 0 Å². The quantitative estimate of drug-likeness (QED) is 0.927. The van der Waals surface area contributed by atoms with E-state index in [0.29, 0.717) is 0 Å². The van der Waals surface area contributed by atoms with Crippen molar-refractivity contribution in [1.29, 1.82) is 0 Å². The van der Waals surface area contributed by atoms with Crippen LogP contribution in [-0.2, 0) is 4.79 Å². The summed E-state index contributed by atoms with van der Waals surface area (Å²) in [5.41, 5.74) is 7.29. The number of nitrogens with two attached hydrogens (primary N) is 1. The van der Waals surface area contributed by atoms with Crippen LogP contribution in [0.2, 0.25) is 0 Å². The Morgan fingerprint density at radius 1 is 1.33 bits per heavy atom. The van der Waals surface area contributed by atoms with Crippen LogP contribution in [0.4, 0.5) is 0 Å². The van der Waals surface area contributed by atoms with Crippen LogP contribution in [0, 0.1) is 5.92 Å². The minimum absolute atomic E-state index is 0. The molecule has 1 aliphatic heterocycles. The van der Waals surface area contributed by atoms with Crippen LogP contribution in [0.5, 0.6) is 0 Å². The molecule has 2 atom stereocenters. The Hall–Kier alpha value is -0.710. The monoisotopic (exact) mass is 328 g/mol. The molecule has 0 saturated carbocycles. The lowest BCUT2D eigenvalue weighted by atomic mass is 9.94.